The zero-order valence-electron chi connectivity index (χ0n) is 12.5. The number of aldehydes is 1. The summed E-state index contributed by atoms with van der Waals surface area (Å²) in [6.45, 7) is 5.93. The molecule has 0 aliphatic carbocycles. The molecule has 0 aliphatic heterocycles. The summed E-state index contributed by atoms with van der Waals surface area (Å²) in [5.74, 6) is 0. The second kappa shape index (κ2) is 7.84. The number of nitrogens with one attached hydrogen (secondary N) is 1. The molecule has 21 heavy (non-hydrogen) atoms. The highest BCUT2D eigenvalue weighted by Gasteiger charge is 2.15. The molecular formula is C16H20ClNO3. The number of carbonyl (C=O) groups excluding carboxylic acids is 2. The van der Waals surface area contributed by atoms with E-state index in [2.05, 4.69) is 5.32 Å². The molecule has 0 spiro atoms. The number of rotatable bonds is 5. The Hall–Kier alpha value is -1.81. The van der Waals surface area contributed by atoms with Gasteiger partial charge in [0.05, 0.1) is 0 Å². The zero-order valence-corrected chi connectivity index (χ0v) is 13.2. The first-order valence-corrected chi connectivity index (χ1v) is 7.07. The van der Waals surface area contributed by atoms with E-state index in [0.717, 1.165) is 11.8 Å². The van der Waals surface area contributed by atoms with Gasteiger partial charge in [0.25, 0.3) is 0 Å². The van der Waals surface area contributed by atoms with E-state index in [1.54, 1.807) is 18.2 Å². The van der Waals surface area contributed by atoms with Crippen LogP contribution in [0.25, 0.3) is 6.08 Å². The van der Waals surface area contributed by atoms with Gasteiger partial charge in [-0.2, -0.15) is 0 Å². The lowest BCUT2D eigenvalue weighted by atomic mass is 10.1. The fraction of sp³-hybridized carbons (Fsp3) is 0.375. The molecule has 1 aromatic carbocycles. The highest BCUT2D eigenvalue weighted by atomic mass is 35.5. The second-order valence-electron chi connectivity index (χ2n) is 5.56. The molecule has 1 rings (SSSR count). The van der Waals surface area contributed by atoms with E-state index in [4.69, 9.17) is 16.3 Å². The topological polar surface area (TPSA) is 55.4 Å². The number of benzene rings is 1. The van der Waals surface area contributed by atoms with Crippen LogP contribution in [0.4, 0.5) is 4.79 Å². The number of carbonyl (C=O) groups is 2. The van der Waals surface area contributed by atoms with E-state index in [1.807, 2.05) is 32.9 Å². The van der Waals surface area contributed by atoms with Crippen molar-refractivity contribution in [1.29, 1.82) is 0 Å². The molecule has 5 heteroatoms. The molecule has 0 fully saturated rings. The van der Waals surface area contributed by atoms with Crippen LogP contribution in [0, 0.1) is 0 Å². The van der Waals surface area contributed by atoms with Gasteiger partial charge in [0.2, 0.25) is 0 Å². The lowest BCUT2D eigenvalue weighted by molar-refractivity contribution is 0.0528. The summed E-state index contributed by atoms with van der Waals surface area (Å²) < 4.78 is 5.12. The van der Waals surface area contributed by atoms with Gasteiger partial charge in [-0.1, -0.05) is 23.8 Å². The molecule has 1 amide bonds. The van der Waals surface area contributed by atoms with Gasteiger partial charge in [0.15, 0.2) is 0 Å². The number of ether oxygens (including phenoxy) is 1. The van der Waals surface area contributed by atoms with Crippen LogP contribution in [0.1, 0.15) is 43.1 Å². The number of hydrogen-bond donors (Lipinski definition) is 1. The smallest absolute Gasteiger partial charge is 0.407 e. The average molecular weight is 310 g/mol. The van der Waals surface area contributed by atoms with Gasteiger partial charge in [-0.15, -0.1) is 0 Å². The number of amides is 1. The Kier molecular flexibility index (Phi) is 6.43. The molecule has 0 atom stereocenters. The van der Waals surface area contributed by atoms with Crippen LogP contribution in [0.5, 0.6) is 0 Å². The van der Waals surface area contributed by atoms with Gasteiger partial charge in [-0.25, -0.2) is 4.79 Å². The van der Waals surface area contributed by atoms with Gasteiger partial charge >= 0.3 is 6.09 Å². The number of hydrogen-bond acceptors (Lipinski definition) is 3. The summed E-state index contributed by atoms with van der Waals surface area (Å²) in [4.78, 5) is 22.1. The second-order valence-corrected chi connectivity index (χ2v) is 5.99. The molecule has 0 aromatic heterocycles. The Labute approximate surface area is 130 Å². The lowest BCUT2D eigenvalue weighted by Crippen LogP contribution is -2.32. The lowest BCUT2D eigenvalue weighted by Gasteiger charge is -2.19. The fourth-order valence-electron chi connectivity index (χ4n) is 1.59. The Bertz CT molecular complexity index is 533. The summed E-state index contributed by atoms with van der Waals surface area (Å²) in [5, 5.41) is 3.18. The van der Waals surface area contributed by atoms with Crippen LogP contribution in [0.3, 0.4) is 0 Å². The van der Waals surface area contributed by atoms with E-state index in [9.17, 15) is 9.59 Å². The van der Waals surface area contributed by atoms with Crippen molar-refractivity contribution in [1.82, 2.24) is 5.32 Å². The Balaban J connectivity index is 2.40. The van der Waals surface area contributed by atoms with Crippen molar-refractivity contribution in [2.45, 2.75) is 32.8 Å². The van der Waals surface area contributed by atoms with E-state index in [0.29, 0.717) is 23.6 Å². The summed E-state index contributed by atoms with van der Waals surface area (Å²) in [6.07, 6.45) is 4.74. The van der Waals surface area contributed by atoms with Gasteiger partial charge in [-0.3, -0.25) is 4.79 Å². The molecule has 4 nitrogen and oxygen atoms in total. The third kappa shape index (κ3) is 7.51. The van der Waals surface area contributed by atoms with Gasteiger partial charge in [0, 0.05) is 17.1 Å². The minimum absolute atomic E-state index is 0.429. The monoisotopic (exact) mass is 309 g/mol. The highest BCUT2D eigenvalue weighted by Crippen LogP contribution is 2.15. The first-order valence-electron chi connectivity index (χ1n) is 6.69. The summed E-state index contributed by atoms with van der Waals surface area (Å²) >= 11 is 5.91. The van der Waals surface area contributed by atoms with Crippen molar-refractivity contribution in [3.05, 3.63) is 40.4 Å². The van der Waals surface area contributed by atoms with Crippen molar-refractivity contribution in [2.75, 3.05) is 6.54 Å². The standard InChI is InChI=1S/C16H20ClNO3/c1-16(2,3)21-15(20)18-7-5-4-6-12-8-13(11-19)10-14(17)9-12/h4,6,8-11H,5,7H2,1-3H3,(H,18,20). The molecule has 1 aromatic rings. The van der Waals surface area contributed by atoms with E-state index < -0.39 is 11.7 Å². The van der Waals surface area contributed by atoms with Gasteiger partial charge < -0.3 is 10.1 Å². The van der Waals surface area contributed by atoms with E-state index in [-0.39, 0.29) is 0 Å². The third-order valence-electron chi connectivity index (χ3n) is 2.37. The van der Waals surface area contributed by atoms with Gasteiger partial charge in [-0.05, 0) is 51.0 Å². The zero-order chi connectivity index (χ0) is 15.9. The Morgan fingerprint density at radius 2 is 1.95 bits per heavy atom. The van der Waals surface area contributed by atoms with Crippen LogP contribution in [0.15, 0.2) is 24.3 Å². The van der Waals surface area contributed by atoms with E-state index in [1.165, 1.54) is 0 Å². The van der Waals surface area contributed by atoms with Crippen LogP contribution < -0.4 is 5.32 Å². The summed E-state index contributed by atoms with van der Waals surface area (Å²) in [5.41, 5.74) is 0.891. The van der Waals surface area contributed by atoms with Crippen molar-refractivity contribution in [2.24, 2.45) is 0 Å². The fourth-order valence-corrected chi connectivity index (χ4v) is 1.84. The predicted octanol–water partition coefficient (Wildman–Crippen LogP) is 4.08. The van der Waals surface area contributed by atoms with Crippen LogP contribution >= 0.6 is 11.6 Å². The molecule has 0 saturated heterocycles. The molecule has 0 saturated carbocycles. The van der Waals surface area contributed by atoms with Gasteiger partial charge in [0.1, 0.15) is 11.9 Å². The molecule has 114 valence electrons. The SMILES string of the molecule is CC(C)(C)OC(=O)NCCC=Cc1cc(Cl)cc(C=O)c1. The average Bonchev–Trinajstić information content (AvgIpc) is 2.35. The first kappa shape index (κ1) is 17.2. The quantitative estimate of drug-likeness (QED) is 0.658. The molecule has 0 unspecified atom stereocenters. The largest absolute Gasteiger partial charge is 0.444 e. The van der Waals surface area contributed by atoms with Crippen molar-refractivity contribution < 1.29 is 14.3 Å². The van der Waals surface area contributed by atoms with Crippen molar-refractivity contribution >= 4 is 30.1 Å². The first-order chi connectivity index (χ1) is 9.80. The Morgan fingerprint density at radius 3 is 2.57 bits per heavy atom. The van der Waals surface area contributed by atoms with Crippen LogP contribution in [-0.2, 0) is 4.74 Å². The van der Waals surface area contributed by atoms with Crippen LogP contribution in [0.2, 0.25) is 5.02 Å². The van der Waals surface area contributed by atoms with Crippen LogP contribution in [-0.4, -0.2) is 24.5 Å². The third-order valence-corrected chi connectivity index (χ3v) is 2.59. The molecule has 0 aliphatic rings. The molecule has 0 radical (unpaired) electrons. The normalized spacial score (nSPS) is 11.4. The van der Waals surface area contributed by atoms with E-state index >= 15 is 0 Å². The van der Waals surface area contributed by atoms with Crippen molar-refractivity contribution in [3.8, 4) is 0 Å². The number of alkyl carbamates (subject to hydrolysis) is 1. The summed E-state index contributed by atoms with van der Waals surface area (Å²) in [7, 11) is 0. The maximum Gasteiger partial charge on any atom is 0.407 e. The number of halogens is 1. The molecule has 0 bridgehead atoms. The maximum absolute atomic E-state index is 11.4. The molecular weight excluding hydrogens is 290 g/mol. The molecule has 1 N–H and O–H groups in total. The molecule has 0 heterocycles. The highest BCUT2D eigenvalue weighted by molar-refractivity contribution is 6.31. The van der Waals surface area contributed by atoms with Crippen molar-refractivity contribution in [3.63, 3.8) is 0 Å². The minimum Gasteiger partial charge on any atom is -0.444 e. The summed E-state index contributed by atoms with van der Waals surface area (Å²) in [6, 6.07) is 5.12. The predicted molar refractivity (Wildman–Crippen MR) is 84.7 cm³/mol. The Morgan fingerprint density at radius 1 is 1.29 bits per heavy atom. The minimum atomic E-state index is -0.494. The maximum atomic E-state index is 11.4.